The van der Waals surface area contributed by atoms with Crippen LogP contribution in [0.5, 0.6) is 0 Å². The molecule has 3 rings (SSSR count). The maximum absolute atomic E-state index is 5.45. The number of ether oxygens (including phenoxy) is 1. The lowest BCUT2D eigenvalue weighted by Crippen LogP contribution is -2.31. The van der Waals surface area contributed by atoms with Crippen LogP contribution in [0.15, 0.2) is 0 Å². The van der Waals surface area contributed by atoms with E-state index in [1.807, 2.05) is 7.05 Å². The highest BCUT2D eigenvalue weighted by Gasteiger charge is 2.29. The Morgan fingerprint density at radius 1 is 1.19 bits per heavy atom. The molecule has 1 N–H and O–H groups in total. The maximum Gasteiger partial charge on any atom is 0.137 e. The molecular formula is C16H26N4O. The van der Waals surface area contributed by atoms with Crippen molar-refractivity contribution in [2.24, 2.45) is 5.92 Å². The van der Waals surface area contributed by atoms with Crippen molar-refractivity contribution in [2.75, 3.05) is 44.1 Å². The Morgan fingerprint density at radius 3 is 2.52 bits per heavy atom. The predicted molar refractivity (Wildman–Crippen MR) is 85.1 cm³/mol. The van der Waals surface area contributed by atoms with E-state index >= 15 is 0 Å². The zero-order valence-corrected chi connectivity index (χ0v) is 13.4. The van der Waals surface area contributed by atoms with Crippen LogP contribution in [0.2, 0.25) is 0 Å². The van der Waals surface area contributed by atoms with Gasteiger partial charge in [-0.3, -0.25) is 0 Å². The van der Waals surface area contributed by atoms with Crippen LogP contribution in [-0.2, 0) is 4.74 Å². The van der Waals surface area contributed by atoms with Crippen LogP contribution in [-0.4, -0.2) is 43.8 Å². The number of nitrogens with zero attached hydrogens (tertiary/aromatic N) is 3. The highest BCUT2D eigenvalue weighted by atomic mass is 16.5. The van der Waals surface area contributed by atoms with Crippen LogP contribution >= 0.6 is 0 Å². The van der Waals surface area contributed by atoms with Crippen molar-refractivity contribution < 1.29 is 4.74 Å². The molecule has 0 radical (unpaired) electrons. The molecule has 1 aromatic rings. The third kappa shape index (κ3) is 3.28. The van der Waals surface area contributed by atoms with Gasteiger partial charge in [-0.15, -0.1) is 0 Å². The molecule has 2 heterocycles. The molecule has 1 aliphatic carbocycles. The van der Waals surface area contributed by atoms with Gasteiger partial charge >= 0.3 is 0 Å². The minimum atomic E-state index is 0.577. The molecule has 0 bridgehead atoms. The average molecular weight is 290 g/mol. The summed E-state index contributed by atoms with van der Waals surface area (Å²) < 4.78 is 5.45. The molecule has 1 saturated heterocycles. The summed E-state index contributed by atoms with van der Waals surface area (Å²) in [5.41, 5.74) is 1.15. The van der Waals surface area contributed by atoms with E-state index in [1.54, 1.807) is 0 Å². The summed E-state index contributed by atoms with van der Waals surface area (Å²) in [5.74, 6) is 4.36. The number of aromatic nitrogens is 2. The summed E-state index contributed by atoms with van der Waals surface area (Å²) in [4.78, 5) is 11.8. The summed E-state index contributed by atoms with van der Waals surface area (Å²) in [7, 11) is 4.09. The molecule has 1 aliphatic heterocycles. The Hall–Kier alpha value is -1.36. The van der Waals surface area contributed by atoms with Crippen LogP contribution in [0.1, 0.15) is 43.0 Å². The molecule has 2 aliphatic rings. The zero-order chi connectivity index (χ0) is 14.8. The lowest BCUT2D eigenvalue weighted by molar-refractivity contribution is 0.0685. The minimum Gasteiger partial charge on any atom is -0.381 e. The fourth-order valence-corrected chi connectivity index (χ4v) is 3.06. The third-order valence-corrected chi connectivity index (χ3v) is 4.55. The summed E-state index contributed by atoms with van der Waals surface area (Å²) >= 11 is 0. The molecule has 1 saturated carbocycles. The Kier molecular flexibility index (Phi) is 4.29. The molecule has 0 spiro atoms. The largest absolute Gasteiger partial charge is 0.381 e. The predicted octanol–water partition coefficient (Wildman–Crippen LogP) is 2.57. The summed E-state index contributed by atoms with van der Waals surface area (Å²) in [6.45, 7) is 4.96. The smallest absolute Gasteiger partial charge is 0.137 e. The molecule has 0 unspecified atom stereocenters. The molecule has 1 aromatic heterocycles. The van der Waals surface area contributed by atoms with E-state index in [0.717, 1.165) is 55.6 Å². The highest BCUT2D eigenvalue weighted by Crippen LogP contribution is 2.40. The fourth-order valence-electron chi connectivity index (χ4n) is 3.06. The topological polar surface area (TPSA) is 50.3 Å². The van der Waals surface area contributed by atoms with Crippen LogP contribution in [0.4, 0.5) is 11.6 Å². The van der Waals surface area contributed by atoms with Crippen molar-refractivity contribution in [3.63, 3.8) is 0 Å². The van der Waals surface area contributed by atoms with Crippen LogP contribution in [0, 0.1) is 12.8 Å². The quantitative estimate of drug-likeness (QED) is 0.903. The SMILES string of the molecule is CNc1nc(C2CC2)nc(N(C)CC2CCOCC2)c1C. The summed E-state index contributed by atoms with van der Waals surface area (Å²) in [6.07, 6.45) is 4.77. The molecule has 2 fully saturated rings. The first-order valence-electron chi connectivity index (χ1n) is 8.04. The Balaban J connectivity index is 1.79. The van der Waals surface area contributed by atoms with E-state index < -0.39 is 0 Å². The second-order valence-electron chi connectivity index (χ2n) is 6.34. The van der Waals surface area contributed by atoms with Gasteiger partial charge in [0, 0.05) is 45.3 Å². The van der Waals surface area contributed by atoms with Crippen LogP contribution in [0.3, 0.4) is 0 Å². The van der Waals surface area contributed by atoms with Crippen LogP contribution < -0.4 is 10.2 Å². The normalized spacial score (nSPS) is 19.6. The Labute approximate surface area is 127 Å². The van der Waals surface area contributed by atoms with Crippen molar-refractivity contribution in [3.8, 4) is 0 Å². The van der Waals surface area contributed by atoms with Gasteiger partial charge < -0.3 is 15.0 Å². The lowest BCUT2D eigenvalue weighted by Gasteiger charge is -2.29. The van der Waals surface area contributed by atoms with Gasteiger partial charge in [0.05, 0.1) is 0 Å². The molecule has 5 heteroatoms. The number of rotatable bonds is 5. The molecule has 0 atom stereocenters. The van der Waals surface area contributed by atoms with Gasteiger partial charge in [-0.25, -0.2) is 9.97 Å². The number of hydrogen-bond acceptors (Lipinski definition) is 5. The second-order valence-corrected chi connectivity index (χ2v) is 6.34. The van der Waals surface area contributed by atoms with Crippen LogP contribution in [0.25, 0.3) is 0 Å². The number of anilines is 2. The molecule has 5 nitrogen and oxygen atoms in total. The van der Waals surface area contributed by atoms with Gasteiger partial charge in [-0.05, 0) is 38.5 Å². The minimum absolute atomic E-state index is 0.577. The van der Waals surface area contributed by atoms with E-state index in [2.05, 4.69) is 29.2 Å². The van der Waals surface area contributed by atoms with Gasteiger partial charge in [0.25, 0.3) is 0 Å². The molecular weight excluding hydrogens is 264 g/mol. The van der Waals surface area contributed by atoms with Crippen molar-refractivity contribution >= 4 is 11.6 Å². The highest BCUT2D eigenvalue weighted by molar-refractivity contribution is 5.58. The number of hydrogen-bond donors (Lipinski definition) is 1. The maximum atomic E-state index is 5.45. The molecule has 116 valence electrons. The van der Waals surface area contributed by atoms with Crippen molar-refractivity contribution in [1.29, 1.82) is 0 Å². The molecule has 21 heavy (non-hydrogen) atoms. The molecule has 0 aromatic carbocycles. The van der Waals surface area contributed by atoms with E-state index in [9.17, 15) is 0 Å². The van der Waals surface area contributed by atoms with E-state index in [4.69, 9.17) is 9.72 Å². The van der Waals surface area contributed by atoms with Gasteiger partial charge in [-0.2, -0.15) is 0 Å². The first-order chi connectivity index (χ1) is 10.2. The first-order valence-corrected chi connectivity index (χ1v) is 8.04. The average Bonchev–Trinajstić information content (AvgIpc) is 3.33. The summed E-state index contributed by atoms with van der Waals surface area (Å²) in [5, 5.41) is 3.22. The third-order valence-electron chi connectivity index (χ3n) is 4.55. The van der Waals surface area contributed by atoms with Crippen molar-refractivity contribution in [2.45, 2.75) is 38.5 Å². The zero-order valence-electron chi connectivity index (χ0n) is 13.4. The Morgan fingerprint density at radius 2 is 1.90 bits per heavy atom. The lowest BCUT2D eigenvalue weighted by atomic mass is 10.00. The van der Waals surface area contributed by atoms with E-state index in [1.165, 1.54) is 12.8 Å². The van der Waals surface area contributed by atoms with Gasteiger partial charge in [0.1, 0.15) is 17.5 Å². The van der Waals surface area contributed by atoms with Gasteiger partial charge in [0.2, 0.25) is 0 Å². The molecule has 0 amide bonds. The van der Waals surface area contributed by atoms with Gasteiger partial charge in [-0.1, -0.05) is 0 Å². The van der Waals surface area contributed by atoms with E-state index in [0.29, 0.717) is 11.8 Å². The van der Waals surface area contributed by atoms with Crippen molar-refractivity contribution in [1.82, 2.24) is 9.97 Å². The fraction of sp³-hybridized carbons (Fsp3) is 0.750. The monoisotopic (exact) mass is 290 g/mol. The summed E-state index contributed by atoms with van der Waals surface area (Å²) in [6, 6.07) is 0. The van der Waals surface area contributed by atoms with E-state index in [-0.39, 0.29) is 0 Å². The van der Waals surface area contributed by atoms with Crippen molar-refractivity contribution in [3.05, 3.63) is 11.4 Å². The first kappa shape index (κ1) is 14.6. The number of nitrogens with one attached hydrogen (secondary N) is 1. The second kappa shape index (κ2) is 6.18. The standard InChI is InChI=1S/C16H26N4O/c1-11-14(17-2)18-15(13-4-5-13)19-16(11)20(3)10-12-6-8-21-9-7-12/h12-13H,4-10H2,1-3H3,(H,17,18,19). The Bertz CT molecular complexity index is 495. The van der Waals surface area contributed by atoms with Gasteiger partial charge in [0.15, 0.2) is 0 Å².